The molecule has 0 nitrogen and oxygen atoms in total. The molecule has 0 aliphatic carbocycles. The highest BCUT2D eigenvalue weighted by Gasteiger charge is 2.31. The van der Waals surface area contributed by atoms with Crippen molar-refractivity contribution in [2.75, 3.05) is 0 Å². The minimum absolute atomic E-state index is 0.0520. The third-order valence-corrected chi connectivity index (χ3v) is 7.18. The lowest BCUT2D eigenvalue weighted by molar-refractivity contribution is 0.577. The predicted octanol–water partition coefficient (Wildman–Crippen LogP) is 7.66. The quantitative estimate of drug-likeness (QED) is 0.388. The van der Waals surface area contributed by atoms with Crippen molar-refractivity contribution >= 4 is 10.9 Å². The summed E-state index contributed by atoms with van der Waals surface area (Å²) in [6, 6.07) is 20.6. The largest absolute Gasteiger partial charge is 0.207 e. The normalized spacial score (nSPS) is 12.4. The lowest BCUT2D eigenvalue weighted by Crippen LogP contribution is -2.13. The maximum Gasteiger partial charge on any atom is 0.172 e. The van der Waals surface area contributed by atoms with E-state index >= 15 is 0 Å². The van der Waals surface area contributed by atoms with Gasteiger partial charge in [0.2, 0.25) is 0 Å². The molecule has 3 rings (SSSR count). The molecule has 0 aliphatic heterocycles. The molecule has 3 aromatic carbocycles. The van der Waals surface area contributed by atoms with E-state index in [-0.39, 0.29) is 10.8 Å². The zero-order valence-corrected chi connectivity index (χ0v) is 18.8. The Hall–Kier alpha value is -2.13. The van der Waals surface area contributed by atoms with Crippen LogP contribution in [-0.4, -0.2) is 0 Å². The van der Waals surface area contributed by atoms with Crippen molar-refractivity contribution in [2.45, 2.75) is 67.1 Å². The first-order valence-corrected chi connectivity index (χ1v) is 11.1. The third-order valence-electron chi connectivity index (χ3n) is 4.98. The van der Waals surface area contributed by atoms with Gasteiger partial charge in [-0.3, -0.25) is 0 Å². The van der Waals surface area contributed by atoms with Gasteiger partial charge in [0.15, 0.2) is 14.7 Å². The fourth-order valence-corrected chi connectivity index (χ4v) is 5.33. The van der Waals surface area contributed by atoms with Crippen molar-refractivity contribution in [3.05, 3.63) is 89.5 Å². The molecular formula is C26H29F2S+. The number of benzene rings is 3. The minimum Gasteiger partial charge on any atom is -0.207 e. The van der Waals surface area contributed by atoms with Gasteiger partial charge in [0.25, 0.3) is 0 Å². The van der Waals surface area contributed by atoms with Crippen LogP contribution in [0.1, 0.15) is 52.7 Å². The van der Waals surface area contributed by atoms with E-state index in [9.17, 15) is 8.78 Å². The van der Waals surface area contributed by atoms with Crippen molar-refractivity contribution < 1.29 is 8.78 Å². The SMILES string of the molecule is CC(C)(C)c1ccc([S+](c2ccc(C(C)(C)C)cc2)c2cc(F)cc(F)c2)cc1. The second-order valence-electron chi connectivity index (χ2n) is 9.46. The Balaban J connectivity index is 2.12. The monoisotopic (exact) mass is 411 g/mol. The summed E-state index contributed by atoms with van der Waals surface area (Å²) in [5, 5.41) is 0. The van der Waals surface area contributed by atoms with Gasteiger partial charge in [-0.1, -0.05) is 65.8 Å². The molecule has 0 saturated carbocycles. The highest BCUT2D eigenvalue weighted by Crippen LogP contribution is 2.34. The van der Waals surface area contributed by atoms with Crippen molar-refractivity contribution in [3.63, 3.8) is 0 Å². The molecule has 0 unspecified atom stereocenters. The van der Waals surface area contributed by atoms with E-state index < -0.39 is 22.5 Å². The van der Waals surface area contributed by atoms with Crippen LogP contribution < -0.4 is 0 Å². The summed E-state index contributed by atoms with van der Waals surface area (Å²) in [6.45, 7) is 13.1. The number of halogens is 2. The molecule has 0 N–H and O–H groups in total. The second-order valence-corrected chi connectivity index (χ2v) is 11.5. The zero-order chi connectivity index (χ0) is 21.4. The summed E-state index contributed by atoms with van der Waals surface area (Å²) in [5.41, 5.74) is 2.57. The standard InChI is InChI=1S/C26H29F2S/c1-25(2,3)18-7-11-22(12-8-18)29(24-16-20(27)15-21(28)17-24)23-13-9-19(10-14-23)26(4,5)6/h7-17H,1-6H3/q+1. The van der Waals surface area contributed by atoms with Crippen LogP contribution in [0.15, 0.2) is 81.4 Å². The molecule has 0 saturated heterocycles. The van der Waals surface area contributed by atoms with E-state index in [0.717, 1.165) is 15.9 Å². The van der Waals surface area contributed by atoms with Crippen LogP contribution in [0.25, 0.3) is 0 Å². The second kappa shape index (κ2) is 7.95. The first-order chi connectivity index (χ1) is 13.4. The number of hydrogen-bond donors (Lipinski definition) is 0. The molecule has 0 bridgehead atoms. The Labute approximate surface area is 176 Å². The first kappa shape index (κ1) is 21.6. The first-order valence-electron chi connectivity index (χ1n) is 9.87. The molecule has 0 spiro atoms. The van der Waals surface area contributed by atoms with Gasteiger partial charge in [-0.15, -0.1) is 0 Å². The summed E-state index contributed by atoms with van der Waals surface area (Å²) < 4.78 is 28.0. The summed E-state index contributed by atoms with van der Waals surface area (Å²) in [7, 11) is -0.585. The lowest BCUT2D eigenvalue weighted by atomic mass is 9.87. The molecule has 29 heavy (non-hydrogen) atoms. The maximum absolute atomic E-state index is 14.0. The smallest absolute Gasteiger partial charge is 0.172 e. The molecule has 0 radical (unpaired) electrons. The van der Waals surface area contributed by atoms with Gasteiger partial charge >= 0.3 is 0 Å². The molecule has 3 aromatic rings. The number of hydrogen-bond acceptors (Lipinski definition) is 0. The predicted molar refractivity (Wildman–Crippen MR) is 119 cm³/mol. The zero-order valence-electron chi connectivity index (χ0n) is 18.0. The Morgan fingerprint density at radius 3 is 1.17 bits per heavy atom. The Kier molecular flexibility index (Phi) is 5.91. The van der Waals surface area contributed by atoms with E-state index in [1.807, 2.05) is 0 Å². The van der Waals surface area contributed by atoms with Crippen molar-refractivity contribution in [2.24, 2.45) is 0 Å². The topological polar surface area (TPSA) is 0 Å². The van der Waals surface area contributed by atoms with Crippen molar-refractivity contribution in [1.82, 2.24) is 0 Å². The molecule has 0 aromatic heterocycles. The molecule has 0 fully saturated rings. The van der Waals surface area contributed by atoms with Gasteiger partial charge < -0.3 is 0 Å². The Morgan fingerprint density at radius 1 is 0.517 bits per heavy atom. The molecule has 0 amide bonds. The fourth-order valence-electron chi connectivity index (χ4n) is 3.24. The summed E-state index contributed by atoms with van der Waals surface area (Å²) in [6.07, 6.45) is 0. The lowest BCUT2D eigenvalue weighted by Gasteiger charge is -2.20. The van der Waals surface area contributed by atoms with Gasteiger partial charge in [0, 0.05) is 18.2 Å². The van der Waals surface area contributed by atoms with Crippen LogP contribution in [0.3, 0.4) is 0 Å². The van der Waals surface area contributed by atoms with Gasteiger partial charge in [-0.25, -0.2) is 8.78 Å². The highest BCUT2D eigenvalue weighted by atomic mass is 32.2. The van der Waals surface area contributed by atoms with E-state index in [1.165, 1.54) is 23.3 Å². The summed E-state index contributed by atoms with van der Waals surface area (Å²) in [4.78, 5) is 2.74. The molecule has 0 heterocycles. The van der Waals surface area contributed by atoms with E-state index in [0.29, 0.717) is 4.90 Å². The van der Waals surface area contributed by atoms with Gasteiger partial charge in [-0.2, -0.15) is 0 Å². The third kappa shape index (κ3) is 5.08. The summed E-state index contributed by atoms with van der Waals surface area (Å²) >= 11 is 0. The molecular weight excluding hydrogens is 382 g/mol. The summed E-state index contributed by atoms with van der Waals surface area (Å²) in [5.74, 6) is -1.09. The number of rotatable bonds is 3. The average molecular weight is 412 g/mol. The van der Waals surface area contributed by atoms with Gasteiger partial charge in [0.05, 0.1) is 10.9 Å². The molecule has 152 valence electrons. The molecule has 0 aliphatic rings. The van der Waals surface area contributed by atoms with Crippen LogP contribution in [0, 0.1) is 11.6 Å². The maximum atomic E-state index is 14.0. The van der Waals surface area contributed by atoms with E-state index in [4.69, 9.17) is 0 Å². The van der Waals surface area contributed by atoms with Crippen molar-refractivity contribution in [3.8, 4) is 0 Å². The van der Waals surface area contributed by atoms with E-state index in [2.05, 4.69) is 90.1 Å². The average Bonchev–Trinajstić information content (AvgIpc) is 2.60. The minimum atomic E-state index is -0.585. The highest BCUT2D eigenvalue weighted by molar-refractivity contribution is 7.97. The van der Waals surface area contributed by atoms with Gasteiger partial charge in [0.1, 0.15) is 11.6 Å². The fraction of sp³-hybridized carbons (Fsp3) is 0.308. The van der Waals surface area contributed by atoms with Crippen LogP contribution in [0.2, 0.25) is 0 Å². The van der Waals surface area contributed by atoms with E-state index in [1.54, 1.807) is 0 Å². The molecule has 0 atom stereocenters. The van der Waals surface area contributed by atoms with Crippen molar-refractivity contribution in [1.29, 1.82) is 0 Å². The Morgan fingerprint density at radius 2 is 0.862 bits per heavy atom. The van der Waals surface area contributed by atoms with Crippen LogP contribution in [-0.2, 0) is 21.7 Å². The van der Waals surface area contributed by atoms with Crippen LogP contribution in [0.5, 0.6) is 0 Å². The van der Waals surface area contributed by atoms with Gasteiger partial charge in [-0.05, 0) is 46.2 Å². The van der Waals surface area contributed by atoms with Crippen LogP contribution in [0.4, 0.5) is 8.78 Å². The van der Waals surface area contributed by atoms with Crippen LogP contribution >= 0.6 is 0 Å². The Bertz CT molecular complexity index is 897. The molecule has 3 heteroatoms.